The Hall–Kier alpha value is -1.32. The SMILES string of the molecule is CNc1ccc(/C=C/C(O)O)cc1. The van der Waals surface area contributed by atoms with Crippen LogP contribution in [0.1, 0.15) is 5.56 Å². The zero-order valence-electron chi connectivity index (χ0n) is 7.44. The number of aliphatic hydroxyl groups is 2. The summed E-state index contributed by atoms with van der Waals surface area (Å²) in [5, 5.41) is 20.1. The second-order valence-electron chi connectivity index (χ2n) is 2.64. The molecule has 0 aliphatic carbocycles. The molecule has 70 valence electrons. The Kier molecular flexibility index (Phi) is 3.49. The van der Waals surface area contributed by atoms with Crippen LogP contribution < -0.4 is 5.32 Å². The molecule has 0 atom stereocenters. The fourth-order valence-electron chi connectivity index (χ4n) is 0.958. The van der Waals surface area contributed by atoms with Gasteiger partial charge in [-0.3, -0.25) is 0 Å². The number of nitrogens with one attached hydrogen (secondary N) is 1. The van der Waals surface area contributed by atoms with Gasteiger partial charge in [-0.2, -0.15) is 0 Å². The van der Waals surface area contributed by atoms with Gasteiger partial charge in [-0.15, -0.1) is 0 Å². The van der Waals surface area contributed by atoms with Crippen molar-refractivity contribution in [2.45, 2.75) is 6.29 Å². The Morgan fingerprint density at radius 1 is 1.23 bits per heavy atom. The van der Waals surface area contributed by atoms with Crippen molar-refractivity contribution in [1.82, 2.24) is 0 Å². The standard InChI is InChI=1S/C10H13NO2/c1-11-9-5-2-8(3-6-9)4-7-10(12)13/h2-7,10-13H,1H3/b7-4+. The van der Waals surface area contributed by atoms with E-state index in [1.165, 1.54) is 6.08 Å². The minimum absolute atomic E-state index is 0.937. The van der Waals surface area contributed by atoms with E-state index in [1.54, 1.807) is 6.08 Å². The highest BCUT2D eigenvalue weighted by atomic mass is 16.5. The van der Waals surface area contributed by atoms with Gasteiger partial charge in [0.15, 0.2) is 6.29 Å². The first-order chi connectivity index (χ1) is 6.22. The fourth-order valence-corrected chi connectivity index (χ4v) is 0.958. The van der Waals surface area contributed by atoms with Crippen molar-refractivity contribution < 1.29 is 10.2 Å². The lowest BCUT2D eigenvalue weighted by Crippen LogP contribution is -1.96. The molecule has 0 unspecified atom stereocenters. The van der Waals surface area contributed by atoms with Crippen LogP contribution in [0.3, 0.4) is 0 Å². The first kappa shape index (κ1) is 9.77. The molecular formula is C10H13NO2. The van der Waals surface area contributed by atoms with Crippen molar-refractivity contribution in [3.05, 3.63) is 35.9 Å². The van der Waals surface area contributed by atoms with E-state index in [-0.39, 0.29) is 0 Å². The van der Waals surface area contributed by atoms with Crippen molar-refractivity contribution in [1.29, 1.82) is 0 Å². The molecule has 3 heteroatoms. The predicted molar refractivity (Wildman–Crippen MR) is 53.2 cm³/mol. The number of hydrogen-bond acceptors (Lipinski definition) is 3. The molecule has 0 heterocycles. The van der Waals surface area contributed by atoms with Crippen molar-refractivity contribution in [2.24, 2.45) is 0 Å². The van der Waals surface area contributed by atoms with E-state index in [0.717, 1.165) is 11.3 Å². The van der Waals surface area contributed by atoms with Gasteiger partial charge in [0.1, 0.15) is 0 Å². The molecule has 3 nitrogen and oxygen atoms in total. The van der Waals surface area contributed by atoms with Crippen LogP contribution in [0.2, 0.25) is 0 Å². The molecule has 0 aromatic heterocycles. The molecule has 0 amide bonds. The lowest BCUT2D eigenvalue weighted by atomic mass is 10.2. The fraction of sp³-hybridized carbons (Fsp3) is 0.200. The Bertz CT molecular complexity index is 277. The third-order valence-corrected chi connectivity index (χ3v) is 1.66. The number of benzene rings is 1. The summed E-state index contributed by atoms with van der Waals surface area (Å²) in [7, 11) is 1.85. The van der Waals surface area contributed by atoms with Gasteiger partial charge in [-0.25, -0.2) is 0 Å². The number of rotatable bonds is 3. The Balaban J connectivity index is 2.69. The molecule has 0 radical (unpaired) electrons. The van der Waals surface area contributed by atoms with Crippen molar-refractivity contribution in [2.75, 3.05) is 12.4 Å². The maximum atomic E-state index is 8.57. The summed E-state index contributed by atoms with van der Waals surface area (Å²) >= 11 is 0. The van der Waals surface area contributed by atoms with Crippen LogP contribution in [0.4, 0.5) is 5.69 Å². The van der Waals surface area contributed by atoms with Crippen molar-refractivity contribution >= 4 is 11.8 Å². The Morgan fingerprint density at radius 3 is 2.31 bits per heavy atom. The minimum Gasteiger partial charge on any atom is -0.388 e. The van der Waals surface area contributed by atoms with Crippen molar-refractivity contribution in [3.8, 4) is 0 Å². The number of hydrogen-bond donors (Lipinski definition) is 3. The van der Waals surface area contributed by atoms with E-state index in [0.29, 0.717) is 0 Å². The van der Waals surface area contributed by atoms with Crippen LogP contribution in [0.15, 0.2) is 30.3 Å². The normalized spacial score (nSPS) is 11.1. The predicted octanol–water partition coefficient (Wildman–Crippen LogP) is 1.05. The molecule has 1 aromatic carbocycles. The van der Waals surface area contributed by atoms with E-state index >= 15 is 0 Å². The number of aliphatic hydroxyl groups excluding tert-OH is 1. The maximum absolute atomic E-state index is 8.57. The summed E-state index contributed by atoms with van der Waals surface area (Å²) in [6.45, 7) is 0. The van der Waals surface area contributed by atoms with Gasteiger partial charge in [0, 0.05) is 12.7 Å². The molecule has 0 aliphatic heterocycles. The minimum atomic E-state index is -1.39. The molecule has 0 aliphatic rings. The van der Waals surface area contributed by atoms with E-state index in [9.17, 15) is 0 Å². The van der Waals surface area contributed by atoms with Gasteiger partial charge in [0.25, 0.3) is 0 Å². The summed E-state index contributed by atoms with van der Waals surface area (Å²) in [6.07, 6.45) is 1.59. The Morgan fingerprint density at radius 2 is 1.85 bits per heavy atom. The van der Waals surface area contributed by atoms with Crippen LogP contribution in [0.25, 0.3) is 6.08 Å². The summed E-state index contributed by atoms with van der Waals surface area (Å²) in [4.78, 5) is 0. The van der Waals surface area contributed by atoms with E-state index in [2.05, 4.69) is 5.32 Å². The molecule has 0 spiro atoms. The third kappa shape index (κ3) is 3.27. The van der Waals surface area contributed by atoms with E-state index in [1.807, 2.05) is 31.3 Å². The van der Waals surface area contributed by atoms with E-state index in [4.69, 9.17) is 10.2 Å². The van der Waals surface area contributed by atoms with Gasteiger partial charge >= 0.3 is 0 Å². The zero-order chi connectivity index (χ0) is 9.68. The monoisotopic (exact) mass is 179 g/mol. The van der Waals surface area contributed by atoms with Gasteiger partial charge in [0.2, 0.25) is 0 Å². The van der Waals surface area contributed by atoms with Crippen LogP contribution >= 0.6 is 0 Å². The summed E-state index contributed by atoms with van der Waals surface area (Å²) in [5.41, 5.74) is 1.97. The highest BCUT2D eigenvalue weighted by Crippen LogP contribution is 2.09. The van der Waals surface area contributed by atoms with Gasteiger partial charge in [-0.05, 0) is 23.8 Å². The highest BCUT2D eigenvalue weighted by Gasteiger charge is 1.90. The van der Waals surface area contributed by atoms with Crippen LogP contribution in [0.5, 0.6) is 0 Å². The molecule has 0 bridgehead atoms. The zero-order valence-corrected chi connectivity index (χ0v) is 7.44. The van der Waals surface area contributed by atoms with Crippen molar-refractivity contribution in [3.63, 3.8) is 0 Å². The van der Waals surface area contributed by atoms with Gasteiger partial charge in [0.05, 0.1) is 0 Å². The molecule has 1 aromatic rings. The quantitative estimate of drug-likeness (QED) is 0.608. The van der Waals surface area contributed by atoms with Crippen LogP contribution in [0, 0.1) is 0 Å². The summed E-state index contributed by atoms with van der Waals surface area (Å²) < 4.78 is 0. The third-order valence-electron chi connectivity index (χ3n) is 1.66. The lowest BCUT2D eigenvalue weighted by Gasteiger charge is -1.99. The molecule has 3 N–H and O–H groups in total. The van der Waals surface area contributed by atoms with Gasteiger partial charge < -0.3 is 15.5 Å². The van der Waals surface area contributed by atoms with Gasteiger partial charge in [-0.1, -0.05) is 18.2 Å². The second kappa shape index (κ2) is 4.64. The average Bonchev–Trinajstić information content (AvgIpc) is 2.15. The second-order valence-corrected chi connectivity index (χ2v) is 2.64. The first-order valence-corrected chi connectivity index (χ1v) is 4.04. The number of anilines is 1. The molecule has 0 saturated heterocycles. The van der Waals surface area contributed by atoms with E-state index < -0.39 is 6.29 Å². The molecule has 1 rings (SSSR count). The Labute approximate surface area is 77.3 Å². The smallest absolute Gasteiger partial charge is 0.171 e. The lowest BCUT2D eigenvalue weighted by molar-refractivity contribution is 0.00304. The summed E-state index contributed by atoms with van der Waals surface area (Å²) in [5.74, 6) is 0. The first-order valence-electron chi connectivity index (χ1n) is 4.04. The molecular weight excluding hydrogens is 166 g/mol. The molecule has 0 saturated carbocycles. The molecule has 13 heavy (non-hydrogen) atoms. The maximum Gasteiger partial charge on any atom is 0.171 e. The summed E-state index contributed by atoms with van der Waals surface area (Å²) in [6, 6.07) is 7.63. The molecule has 0 fully saturated rings. The van der Waals surface area contributed by atoms with Crippen LogP contribution in [-0.2, 0) is 0 Å². The highest BCUT2D eigenvalue weighted by molar-refractivity contribution is 5.54. The topological polar surface area (TPSA) is 52.5 Å². The average molecular weight is 179 g/mol. The van der Waals surface area contributed by atoms with Crippen LogP contribution in [-0.4, -0.2) is 23.6 Å². The largest absolute Gasteiger partial charge is 0.388 e.